The first-order valence-corrected chi connectivity index (χ1v) is 8.33. The highest BCUT2D eigenvalue weighted by molar-refractivity contribution is 9.10. The highest BCUT2D eigenvalue weighted by atomic mass is 79.9. The number of carboxylic acid groups (broad SMARTS) is 1. The van der Waals surface area contributed by atoms with Gasteiger partial charge in [-0.05, 0) is 35.4 Å². The fourth-order valence-electron chi connectivity index (χ4n) is 2.03. The van der Waals surface area contributed by atoms with Gasteiger partial charge >= 0.3 is 5.97 Å². The molecule has 0 spiro atoms. The van der Waals surface area contributed by atoms with Crippen LogP contribution in [0.15, 0.2) is 40.9 Å². The Bertz CT molecular complexity index is 706. The molecule has 5 nitrogen and oxygen atoms in total. The average molecular weight is 415 g/mol. The van der Waals surface area contributed by atoms with E-state index in [2.05, 4.69) is 21.2 Å². The van der Waals surface area contributed by atoms with E-state index in [9.17, 15) is 4.79 Å². The molecule has 0 bridgehead atoms. The molecule has 0 atom stereocenters. The fraction of sp³-hybridized carbons (Fsp3) is 0.235. The zero-order valence-electron chi connectivity index (χ0n) is 13.0. The molecule has 2 aromatic rings. The van der Waals surface area contributed by atoms with Gasteiger partial charge < -0.3 is 19.9 Å². The van der Waals surface area contributed by atoms with Gasteiger partial charge in [-0.1, -0.05) is 39.7 Å². The first-order chi connectivity index (χ1) is 11.5. The van der Waals surface area contributed by atoms with Crippen molar-refractivity contribution in [2.45, 2.75) is 13.2 Å². The largest absolute Gasteiger partial charge is 0.493 e. The third-order valence-corrected chi connectivity index (χ3v) is 4.22. The second-order valence-electron chi connectivity index (χ2n) is 5.01. The fourth-order valence-corrected chi connectivity index (χ4v) is 2.62. The van der Waals surface area contributed by atoms with Crippen LogP contribution in [0.5, 0.6) is 11.5 Å². The molecule has 128 valence electrons. The van der Waals surface area contributed by atoms with Crippen LogP contribution in [-0.2, 0) is 17.9 Å². The number of hydrogen-bond donors (Lipinski definition) is 2. The lowest BCUT2D eigenvalue weighted by molar-refractivity contribution is -0.135. The molecule has 24 heavy (non-hydrogen) atoms. The van der Waals surface area contributed by atoms with E-state index in [1.54, 1.807) is 7.11 Å². The second-order valence-corrected chi connectivity index (χ2v) is 6.30. The van der Waals surface area contributed by atoms with Crippen LogP contribution in [0.4, 0.5) is 0 Å². The van der Waals surface area contributed by atoms with E-state index in [4.69, 9.17) is 26.2 Å². The molecular weight excluding hydrogens is 398 g/mol. The summed E-state index contributed by atoms with van der Waals surface area (Å²) in [5, 5.41) is 12.2. The molecule has 0 heterocycles. The van der Waals surface area contributed by atoms with E-state index in [0.717, 1.165) is 15.6 Å². The van der Waals surface area contributed by atoms with E-state index in [0.29, 0.717) is 29.7 Å². The Morgan fingerprint density at radius 1 is 1.25 bits per heavy atom. The van der Waals surface area contributed by atoms with Crippen molar-refractivity contribution < 1.29 is 19.4 Å². The van der Waals surface area contributed by atoms with Crippen LogP contribution in [0.25, 0.3) is 0 Å². The van der Waals surface area contributed by atoms with Crippen molar-refractivity contribution in [2.75, 3.05) is 13.7 Å². The summed E-state index contributed by atoms with van der Waals surface area (Å²) in [5.41, 5.74) is 1.87. The Hall–Kier alpha value is -1.76. The number of aliphatic carboxylic acids is 1. The van der Waals surface area contributed by atoms with E-state index >= 15 is 0 Å². The van der Waals surface area contributed by atoms with Gasteiger partial charge in [0.05, 0.1) is 13.7 Å². The highest BCUT2D eigenvalue weighted by Gasteiger charge is 2.11. The summed E-state index contributed by atoms with van der Waals surface area (Å²) in [7, 11) is 1.56. The Kier molecular flexibility index (Phi) is 6.90. The van der Waals surface area contributed by atoms with Crippen LogP contribution in [0.1, 0.15) is 11.1 Å². The first kappa shape index (κ1) is 18.6. The summed E-state index contributed by atoms with van der Waals surface area (Å²) in [6.07, 6.45) is 0. The summed E-state index contributed by atoms with van der Waals surface area (Å²) in [6.45, 7) is 0.681. The maximum absolute atomic E-state index is 10.6. The van der Waals surface area contributed by atoms with Crippen LogP contribution in [0.2, 0.25) is 5.02 Å². The van der Waals surface area contributed by atoms with E-state index in [-0.39, 0.29) is 6.54 Å². The second kappa shape index (κ2) is 8.92. The van der Waals surface area contributed by atoms with Crippen LogP contribution in [-0.4, -0.2) is 24.7 Å². The van der Waals surface area contributed by atoms with Crippen molar-refractivity contribution in [2.24, 2.45) is 0 Å². The number of nitrogens with one attached hydrogen (secondary N) is 1. The van der Waals surface area contributed by atoms with Crippen molar-refractivity contribution in [1.82, 2.24) is 5.32 Å². The zero-order chi connectivity index (χ0) is 17.5. The van der Waals surface area contributed by atoms with Gasteiger partial charge in [0.2, 0.25) is 0 Å². The monoisotopic (exact) mass is 413 g/mol. The third kappa shape index (κ3) is 5.40. The molecule has 0 radical (unpaired) electrons. The van der Waals surface area contributed by atoms with E-state index < -0.39 is 5.97 Å². The predicted molar refractivity (Wildman–Crippen MR) is 95.8 cm³/mol. The minimum atomic E-state index is -0.902. The van der Waals surface area contributed by atoms with Crippen molar-refractivity contribution in [3.05, 3.63) is 57.0 Å². The Morgan fingerprint density at radius 2 is 1.96 bits per heavy atom. The zero-order valence-corrected chi connectivity index (χ0v) is 15.4. The lowest BCUT2D eigenvalue weighted by Crippen LogP contribution is -2.22. The molecule has 0 aliphatic carbocycles. The first-order valence-electron chi connectivity index (χ1n) is 7.15. The summed E-state index contributed by atoms with van der Waals surface area (Å²) in [6, 6.07) is 11.0. The average Bonchev–Trinajstić information content (AvgIpc) is 2.55. The lowest BCUT2D eigenvalue weighted by Gasteiger charge is -2.14. The maximum atomic E-state index is 10.6. The minimum absolute atomic E-state index is 0.108. The number of ether oxygens (including phenoxy) is 2. The molecule has 0 aliphatic rings. The van der Waals surface area contributed by atoms with E-state index in [1.807, 2.05) is 36.4 Å². The van der Waals surface area contributed by atoms with Gasteiger partial charge in [0.25, 0.3) is 0 Å². The van der Waals surface area contributed by atoms with Crippen molar-refractivity contribution >= 4 is 33.5 Å². The molecule has 0 fully saturated rings. The number of benzene rings is 2. The molecule has 0 saturated carbocycles. The molecule has 7 heteroatoms. The lowest BCUT2D eigenvalue weighted by atomic mass is 10.2. The van der Waals surface area contributed by atoms with Gasteiger partial charge in [-0.3, -0.25) is 4.79 Å². The maximum Gasteiger partial charge on any atom is 0.317 e. The molecule has 2 N–H and O–H groups in total. The van der Waals surface area contributed by atoms with Gasteiger partial charge in [0.15, 0.2) is 11.5 Å². The quantitative estimate of drug-likeness (QED) is 0.686. The highest BCUT2D eigenvalue weighted by Crippen LogP contribution is 2.34. The molecule has 0 aliphatic heterocycles. The van der Waals surface area contributed by atoms with Crippen LogP contribution in [0.3, 0.4) is 0 Å². The Morgan fingerprint density at radius 3 is 2.58 bits per heavy atom. The summed E-state index contributed by atoms with van der Waals surface area (Å²) >= 11 is 9.34. The summed E-state index contributed by atoms with van der Waals surface area (Å²) in [4.78, 5) is 10.6. The van der Waals surface area contributed by atoms with Gasteiger partial charge in [-0.15, -0.1) is 0 Å². The van der Waals surface area contributed by atoms with Crippen LogP contribution >= 0.6 is 27.5 Å². The summed E-state index contributed by atoms with van der Waals surface area (Å²) in [5.74, 6) is 0.279. The normalized spacial score (nSPS) is 10.5. The van der Waals surface area contributed by atoms with Crippen molar-refractivity contribution in [3.8, 4) is 11.5 Å². The molecule has 0 unspecified atom stereocenters. The van der Waals surface area contributed by atoms with Crippen molar-refractivity contribution in [1.29, 1.82) is 0 Å². The Labute approximate surface area is 153 Å². The molecule has 0 saturated heterocycles. The molecule has 0 amide bonds. The van der Waals surface area contributed by atoms with E-state index in [1.165, 1.54) is 0 Å². The van der Waals surface area contributed by atoms with Gasteiger partial charge in [-0.25, -0.2) is 0 Å². The predicted octanol–water partition coefficient (Wildman–Crippen LogP) is 3.86. The number of methoxy groups -OCH3 is 1. The molecule has 0 aromatic heterocycles. The minimum Gasteiger partial charge on any atom is -0.493 e. The van der Waals surface area contributed by atoms with Gasteiger partial charge in [0.1, 0.15) is 6.61 Å². The smallest absolute Gasteiger partial charge is 0.317 e. The standard InChI is InChI=1S/C17H17BrClNO4/c1-23-15-6-12(8-20-9-17(21)22)14(18)7-16(15)24-10-11-2-4-13(19)5-3-11/h2-7,20H,8-10H2,1H3,(H,21,22). The van der Waals surface area contributed by atoms with Gasteiger partial charge in [-0.2, -0.15) is 0 Å². The third-order valence-electron chi connectivity index (χ3n) is 3.23. The van der Waals surface area contributed by atoms with Crippen LogP contribution in [0, 0.1) is 0 Å². The number of rotatable bonds is 8. The number of carbonyl (C=O) groups is 1. The van der Waals surface area contributed by atoms with Crippen molar-refractivity contribution in [3.63, 3.8) is 0 Å². The van der Waals surface area contributed by atoms with Crippen LogP contribution < -0.4 is 14.8 Å². The molecule has 2 rings (SSSR count). The number of hydrogen-bond acceptors (Lipinski definition) is 4. The molecular formula is C17H17BrClNO4. The topological polar surface area (TPSA) is 67.8 Å². The SMILES string of the molecule is COc1cc(CNCC(=O)O)c(Br)cc1OCc1ccc(Cl)cc1. The molecule has 2 aromatic carbocycles. The Balaban J connectivity index is 2.07. The number of carboxylic acids is 1. The summed E-state index contributed by atoms with van der Waals surface area (Å²) < 4.78 is 12.0. The van der Waals surface area contributed by atoms with Gasteiger partial charge in [0, 0.05) is 16.0 Å². The number of halogens is 2.